The van der Waals surface area contributed by atoms with Gasteiger partial charge in [0.15, 0.2) is 28.6 Å². The van der Waals surface area contributed by atoms with Crippen molar-refractivity contribution < 1.29 is 13.2 Å². The zero-order chi connectivity index (χ0) is 20.7. The van der Waals surface area contributed by atoms with Gasteiger partial charge in [-0.25, -0.2) is 23.1 Å². The SMILES string of the molecule is CCn1cnc2c(=O)n(-c3ccc(Cl)cc3)c(Cc3cc(F)c(F)c(F)c3)nc21. The number of hydrogen-bond acceptors (Lipinski definition) is 3. The molecule has 0 spiro atoms. The van der Waals surface area contributed by atoms with Gasteiger partial charge < -0.3 is 4.57 Å². The van der Waals surface area contributed by atoms with Crippen molar-refractivity contribution in [3.63, 3.8) is 0 Å². The second-order valence-electron chi connectivity index (χ2n) is 6.40. The lowest BCUT2D eigenvalue weighted by Crippen LogP contribution is -2.24. The number of imidazole rings is 1. The molecule has 9 heteroatoms. The van der Waals surface area contributed by atoms with E-state index < -0.39 is 23.0 Å². The van der Waals surface area contributed by atoms with E-state index in [1.165, 1.54) is 10.9 Å². The third kappa shape index (κ3) is 3.40. The minimum absolute atomic E-state index is 0.100. The first kappa shape index (κ1) is 19.2. The Morgan fingerprint density at radius 2 is 1.72 bits per heavy atom. The second kappa shape index (κ2) is 7.36. The molecular weight excluding hydrogens is 405 g/mol. The topological polar surface area (TPSA) is 52.7 Å². The maximum absolute atomic E-state index is 13.7. The van der Waals surface area contributed by atoms with Crippen LogP contribution in [0.1, 0.15) is 18.3 Å². The quantitative estimate of drug-likeness (QED) is 0.465. The van der Waals surface area contributed by atoms with Gasteiger partial charge in [-0.3, -0.25) is 9.36 Å². The summed E-state index contributed by atoms with van der Waals surface area (Å²) < 4.78 is 43.7. The average molecular weight is 419 g/mol. The maximum Gasteiger partial charge on any atom is 0.286 e. The summed E-state index contributed by atoms with van der Waals surface area (Å²) in [7, 11) is 0. The van der Waals surface area contributed by atoms with Gasteiger partial charge in [-0.1, -0.05) is 11.6 Å². The van der Waals surface area contributed by atoms with E-state index in [-0.39, 0.29) is 23.3 Å². The van der Waals surface area contributed by atoms with Crippen molar-refractivity contribution >= 4 is 22.8 Å². The van der Waals surface area contributed by atoms with Crippen LogP contribution in [0.4, 0.5) is 13.2 Å². The monoisotopic (exact) mass is 418 g/mol. The first-order chi connectivity index (χ1) is 13.9. The molecule has 29 heavy (non-hydrogen) atoms. The lowest BCUT2D eigenvalue weighted by atomic mass is 10.1. The van der Waals surface area contributed by atoms with Crippen LogP contribution < -0.4 is 5.56 Å². The molecule has 148 valence electrons. The third-order valence-corrected chi connectivity index (χ3v) is 4.79. The Labute approximate surface area is 168 Å². The van der Waals surface area contributed by atoms with E-state index in [0.717, 1.165) is 12.1 Å². The number of halogens is 4. The summed E-state index contributed by atoms with van der Waals surface area (Å²) in [6, 6.07) is 8.25. The highest BCUT2D eigenvalue weighted by Crippen LogP contribution is 2.20. The van der Waals surface area contributed by atoms with Gasteiger partial charge in [0.25, 0.3) is 5.56 Å². The molecule has 0 aliphatic heterocycles. The number of rotatable bonds is 4. The van der Waals surface area contributed by atoms with Gasteiger partial charge in [-0.2, -0.15) is 0 Å². The Bertz CT molecular complexity index is 1260. The summed E-state index contributed by atoms with van der Waals surface area (Å²) >= 11 is 5.94. The fourth-order valence-corrected chi connectivity index (χ4v) is 3.26. The predicted octanol–water partition coefficient (Wildman–Crippen LogP) is 4.26. The molecule has 5 nitrogen and oxygen atoms in total. The van der Waals surface area contributed by atoms with Crippen molar-refractivity contribution in [3.8, 4) is 5.69 Å². The van der Waals surface area contributed by atoms with Crippen LogP contribution in [0.2, 0.25) is 5.02 Å². The summed E-state index contributed by atoms with van der Waals surface area (Å²) in [4.78, 5) is 21.8. The summed E-state index contributed by atoms with van der Waals surface area (Å²) in [5.41, 5.74) is 0.709. The molecule has 0 atom stereocenters. The summed E-state index contributed by atoms with van der Waals surface area (Å²) in [6.07, 6.45) is 1.41. The van der Waals surface area contributed by atoms with E-state index in [9.17, 15) is 18.0 Å². The minimum Gasteiger partial charge on any atom is -0.315 e. The van der Waals surface area contributed by atoms with E-state index >= 15 is 0 Å². The molecule has 0 N–H and O–H groups in total. The molecule has 0 bridgehead atoms. The zero-order valence-electron chi connectivity index (χ0n) is 15.2. The standard InChI is InChI=1S/C20H14ClF3N4O/c1-2-27-10-25-18-19(27)26-16(9-11-7-14(22)17(24)15(23)8-11)28(20(18)29)13-5-3-12(21)4-6-13/h3-8,10H,2,9H2,1H3. The third-order valence-electron chi connectivity index (χ3n) is 4.54. The van der Waals surface area contributed by atoms with Crippen molar-refractivity contribution in [3.05, 3.63) is 86.9 Å². The first-order valence-electron chi connectivity index (χ1n) is 8.75. The fourth-order valence-electron chi connectivity index (χ4n) is 3.14. The minimum atomic E-state index is -1.55. The van der Waals surface area contributed by atoms with E-state index in [1.807, 2.05) is 6.92 Å². The highest BCUT2D eigenvalue weighted by molar-refractivity contribution is 6.30. The summed E-state index contributed by atoms with van der Waals surface area (Å²) in [5, 5.41) is 0.482. The zero-order valence-corrected chi connectivity index (χ0v) is 15.9. The molecule has 0 radical (unpaired) electrons. The molecule has 4 aromatic rings. The molecule has 0 aliphatic rings. The van der Waals surface area contributed by atoms with Gasteiger partial charge in [0.1, 0.15) is 5.82 Å². The number of aromatic nitrogens is 4. The van der Waals surface area contributed by atoms with Crippen molar-refractivity contribution in [2.75, 3.05) is 0 Å². The Hall–Kier alpha value is -3.13. The van der Waals surface area contributed by atoms with E-state index in [2.05, 4.69) is 9.97 Å². The van der Waals surface area contributed by atoms with Crippen molar-refractivity contribution in [2.24, 2.45) is 0 Å². The summed E-state index contributed by atoms with van der Waals surface area (Å²) in [5.74, 6) is -3.93. The normalized spacial score (nSPS) is 11.3. The number of aryl methyl sites for hydroxylation is 1. The van der Waals surface area contributed by atoms with Gasteiger partial charge in [0.05, 0.1) is 12.0 Å². The number of nitrogens with zero attached hydrogens (tertiary/aromatic N) is 4. The van der Waals surface area contributed by atoms with Gasteiger partial charge in [0, 0.05) is 18.0 Å². The lowest BCUT2D eigenvalue weighted by molar-refractivity contribution is 0.445. The van der Waals surface area contributed by atoms with Crippen molar-refractivity contribution in [2.45, 2.75) is 19.9 Å². The van der Waals surface area contributed by atoms with Gasteiger partial charge in [-0.05, 0) is 48.9 Å². The lowest BCUT2D eigenvalue weighted by Gasteiger charge is -2.13. The Kier molecular flexibility index (Phi) is 4.87. The molecule has 2 heterocycles. The van der Waals surface area contributed by atoms with E-state index in [4.69, 9.17) is 11.6 Å². The van der Waals surface area contributed by atoms with Crippen LogP contribution in [-0.2, 0) is 13.0 Å². The smallest absolute Gasteiger partial charge is 0.286 e. The molecule has 0 saturated heterocycles. The van der Waals surface area contributed by atoms with Crippen LogP contribution in [0.25, 0.3) is 16.9 Å². The van der Waals surface area contributed by atoms with Gasteiger partial charge in [0.2, 0.25) is 0 Å². The highest BCUT2D eigenvalue weighted by atomic mass is 35.5. The number of hydrogen-bond donors (Lipinski definition) is 0. The molecule has 4 rings (SSSR count). The van der Waals surface area contributed by atoms with Crippen LogP contribution in [0, 0.1) is 17.5 Å². The second-order valence-corrected chi connectivity index (χ2v) is 6.83. The molecule has 0 aliphatic carbocycles. The Morgan fingerprint density at radius 3 is 2.34 bits per heavy atom. The van der Waals surface area contributed by atoms with Crippen LogP contribution in [-0.4, -0.2) is 19.1 Å². The summed E-state index contributed by atoms with van der Waals surface area (Å²) in [6.45, 7) is 2.41. The largest absolute Gasteiger partial charge is 0.315 e. The molecule has 0 unspecified atom stereocenters. The fraction of sp³-hybridized carbons (Fsp3) is 0.150. The van der Waals surface area contributed by atoms with Crippen molar-refractivity contribution in [1.29, 1.82) is 0 Å². The van der Waals surface area contributed by atoms with Crippen LogP contribution >= 0.6 is 11.6 Å². The van der Waals surface area contributed by atoms with Crippen LogP contribution in [0.15, 0.2) is 47.5 Å². The Balaban J connectivity index is 1.96. The van der Waals surface area contributed by atoms with E-state index in [0.29, 0.717) is 22.9 Å². The predicted molar refractivity (Wildman–Crippen MR) is 103 cm³/mol. The molecule has 0 fully saturated rings. The first-order valence-corrected chi connectivity index (χ1v) is 9.13. The highest BCUT2D eigenvalue weighted by Gasteiger charge is 2.18. The van der Waals surface area contributed by atoms with Crippen LogP contribution in [0.5, 0.6) is 0 Å². The molecule has 2 aromatic heterocycles. The van der Waals surface area contributed by atoms with Gasteiger partial charge in [-0.15, -0.1) is 0 Å². The molecule has 2 aromatic carbocycles. The number of benzene rings is 2. The van der Waals surface area contributed by atoms with Gasteiger partial charge >= 0.3 is 0 Å². The van der Waals surface area contributed by atoms with Crippen molar-refractivity contribution in [1.82, 2.24) is 19.1 Å². The molecule has 0 amide bonds. The average Bonchev–Trinajstić information content (AvgIpc) is 3.10. The molecule has 0 saturated carbocycles. The van der Waals surface area contributed by atoms with Crippen LogP contribution in [0.3, 0.4) is 0 Å². The maximum atomic E-state index is 13.7. The number of fused-ring (bicyclic) bond motifs is 1. The molecular formula is C20H14ClF3N4O. The van der Waals surface area contributed by atoms with E-state index in [1.54, 1.807) is 28.8 Å². The Morgan fingerprint density at radius 1 is 1.07 bits per heavy atom.